The van der Waals surface area contributed by atoms with Crippen molar-refractivity contribution in [2.45, 2.75) is 18.8 Å². The van der Waals surface area contributed by atoms with Gasteiger partial charge in [-0.2, -0.15) is 5.10 Å². The molecule has 0 atom stereocenters. The summed E-state index contributed by atoms with van der Waals surface area (Å²) in [5.74, 6) is 1.61. The summed E-state index contributed by atoms with van der Waals surface area (Å²) < 4.78 is 4.61. The van der Waals surface area contributed by atoms with Gasteiger partial charge in [0.2, 0.25) is 0 Å². The van der Waals surface area contributed by atoms with Gasteiger partial charge in [0.15, 0.2) is 5.82 Å². The lowest BCUT2D eigenvalue weighted by Gasteiger charge is -1.98. The monoisotopic (exact) mass is 244 g/mol. The molecule has 0 amide bonds. The van der Waals surface area contributed by atoms with E-state index in [1.807, 2.05) is 0 Å². The predicted molar refractivity (Wildman–Crippen MR) is 62.9 cm³/mol. The van der Waals surface area contributed by atoms with E-state index in [1.54, 1.807) is 12.1 Å². The van der Waals surface area contributed by atoms with Gasteiger partial charge in [0.05, 0.1) is 12.7 Å². The van der Waals surface area contributed by atoms with Crippen molar-refractivity contribution < 1.29 is 9.53 Å². The molecule has 6 heteroatoms. The summed E-state index contributed by atoms with van der Waals surface area (Å²) in [7, 11) is 1.34. The molecule has 0 aromatic carbocycles. The molecule has 3 rings (SSSR count). The Balaban J connectivity index is 1.84. The number of rotatable bonds is 3. The average Bonchev–Trinajstić information content (AvgIpc) is 3.16. The third-order valence-electron chi connectivity index (χ3n) is 2.88. The van der Waals surface area contributed by atoms with E-state index < -0.39 is 5.97 Å². The van der Waals surface area contributed by atoms with Crippen LogP contribution in [0.25, 0.3) is 11.5 Å². The smallest absolute Gasteiger partial charge is 0.339 e. The normalized spacial score (nSPS) is 14.5. The topological polar surface area (TPSA) is 80.8 Å². The summed E-state index contributed by atoms with van der Waals surface area (Å²) in [4.78, 5) is 19.8. The van der Waals surface area contributed by atoms with Gasteiger partial charge in [0.1, 0.15) is 11.5 Å². The van der Waals surface area contributed by atoms with Crippen molar-refractivity contribution in [3.8, 4) is 11.5 Å². The molecule has 1 aliphatic carbocycles. The summed E-state index contributed by atoms with van der Waals surface area (Å²) in [6.07, 6.45) is 3.81. The Hall–Kier alpha value is -2.24. The summed E-state index contributed by atoms with van der Waals surface area (Å²) in [6.45, 7) is 0. The van der Waals surface area contributed by atoms with Crippen LogP contribution in [-0.4, -0.2) is 33.2 Å². The molecule has 0 radical (unpaired) electrons. The van der Waals surface area contributed by atoms with Crippen LogP contribution in [0.2, 0.25) is 0 Å². The molecule has 2 aromatic heterocycles. The number of nitrogens with zero attached hydrogens (tertiary/aromatic N) is 3. The fraction of sp³-hybridized carbons (Fsp3) is 0.333. The van der Waals surface area contributed by atoms with Gasteiger partial charge in [0, 0.05) is 12.1 Å². The van der Waals surface area contributed by atoms with E-state index in [0.29, 0.717) is 23.0 Å². The predicted octanol–water partition coefficient (Wildman–Crippen LogP) is 1.53. The van der Waals surface area contributed by atoms with Crippen LogP contribution in [-0.2, 0) is 4.74 Å². The van der Waals surface area contributed by atoms with E-state index in [9.17, 15) is 4.79 Å². The molecule has 18 heavy (non-hydrogen) atoms. The molecule has 0 spiro atoms. The van der Waals surface area contributed by atoms with Gasteiger partial charge in [-0.15, -0.1) is 0 Å². The maximum atomic E-state index is 11.3. The number of aromatic amines is 1. The number of hydrogen-bond donors (Lipinski definition) is 1. The Morgan fingerprint density at radius 3 is 2.89 bits per heavy atom. The minimum absolute atomic E-state index is 0.400. The van der Waals surface area contributed by atoms with Crippen LogP contribution in [0.15, 0.2) is 18.3 Å². The fourth-order valence-corrected chi connectivity index (χ4v) is 1.69. The number of H-pyrrole nitrogens is 1. The van der Waals surface area contributed by atoms with Crippen molar-refractivity contribution >= 4 is 5.97 Å². The second kappa shape index (κ2) is 4.21. The summed E-state index contributed by atoms with van der Waals surface area (Å²) >= 11 is 0. The zero-order valence-corrected chi connectivity index (χ0v) is 9.88. The number of aromatic nitrogens is 4. The SMILES string of the molecule is COC(=O)c1ccc(-c2n[nH]c(C3CC3)n2)nc1. The van der Waals surface area contributed by atoms with Crippen LogP contribution in [0.4, 0.5) is 0 Å². The molecular formula is C12H12N4O2. The second-order valence-electron chi connectivity index (χ2n) is 4.24. The van der Waals surface area contributed by atoms with E-state index >= 15 is 0 Å². The molecule has 6 nitrogen and oxygen atoms in total. The lowest BCUT2D eigenvalue weighted by atomic mass is 10.2. The van der Waals surface area contributed by atoms with Crippen molar-refractivity contribution in [3.05, 3.63) is 29.7 Å². The molecule has 1 saturated carbocycles. The zero-order chi connectivity index (χ0) is 12.5. The number of hydrogen-bond acceptors (Lipinski definition) is 5. The number of methoxy groups -OCH3 is 1. The first kappa shape index (κ1) is 10.9. The highest BCUT2D eigenvalue weighted by Gasteiger charge is 2.27. The van der Waals surface area contributed by atoms with Gasteiger partial charge in [-0.3, -0.25) is 10.1 Å². The van der Waals surface area contributed by atoms with Gasteiger partial charge in [-0.05, 0) is 25.0 Å². The van der Waals surface area contributed by atoms with Gasteiger partial charge >= 0.3 is 5.97 Å². The fourth-order valence-electron chi connectivity index (χ4n) is 1.69. The van der Waals surface area contributed by atoms with Gasteiger partial charge in [0.25, 0.3) is 0 Å². The van der Waals surface area contributed by atoms with Crippen LogP contribution in [0.1, 0.15) is 34.9 Å². The Bertz CT molecular complexity index is 572. The van der Waals surface area contributed by atoms with Crippen molar-refractivity contribution in [2.24, 2.45) is 0 Å². The van der Waals surface area contributed by atoms with Gasteiger partial charge in [-0.25, -0.2) is 9.78 Å². The molecule has 92 valence electrons. The second-order valence-corrected chi connectivity index (χ2v) is 4.24. The Morgan fingerprint density at radius 2 is 2.28 bits per heavy atom. The molecule has 0 saturated heterocycles. The number of nitrogens with one attached hydrogen (secondary N) is 1. The largest absolute Gasteiger partial charge is 0.465 e. The lowest BCUT2D eigenvalue weighted by molar-refractivity contribution is 0.0600. The molecule has 1 fully saturated rings. The Kier molecular flexibility index (Phi) is 2.55. The Labute approximate surface area is 103 Å². The molecule has 1 aliphatic rings. The van der Waals surface area contributed by atoms with Crippen LogP contribution >= 0.6 is 0 Å². The quantitative estimate of drug-likeness (QED) is 0.828. The molecule has 2 aromatic rings. The third-order valence-corrected chi connectivity index (χ3v) is 2.88. The van der Waals surface area contributed by atoms with Crippen molar-refractivity contribution in [2.75, 3.05) is 7.11 Å². The third kappa shape index (κ3) is 1.97. The number of ether oxygens (including phenoxy) is 1. The van der Waals surface area contributed by atoms with Crippen LogP contribution in [0, 0.1) is 0 Å². The highest BCUT2D eigenvalue weighted by atomic mass is 16.5. The molecule has 0 aliphatic heterocycles. The lowest BCUT2D eigenvalue weighted by Crippen LogP contribution is -2.01. The first-order valence-electron chi connectivity index (χ1n) is 5.75. The maximum Gasteiger partial charge on any atom is 0.339 e. The average molecular weight is 244 g/mol. The number of pyridine rings is 1. The van der Waals surface area contributed by atoms with Crippen LogP contribution < -0.4 is 0 Å². The molecular weight excluding hydrogens is 232 g/mol. The van der Waals surface area contributed by atoms with Crippen LogP contribution in [0.3, 0.4) is 0 Å². The van der Waals surface area contributed by atoms with Crippen LogP contribution in [0.5, 0.6) is 0 Å². The molecule has 2 heterocycles. The van der Waals surface area contributed by atoms with Crippen molar-refractivity contribution in [3.63, 3.8) is 0 Å². The first-order chi connectivity index (χ1) is 8.78. The summed E-state index contributed by atoms with van der Waals surface area (Å²) in [5, 5.41) is 7.05. The van der Waals surface area contributed by atoms with Crippen molar-refractivity contribution in [1.82, 2.24) is 20.2 Å². The summed E-state index contributed by atoms with van der Waals surface area (Å²) in [6, 6.07) is 3.37. The Morgan fingerprint density at radius 1 is 1.44 bits per heavy atom. The number of carbonyl (C=O) groups is 1. The zero-order valence-electron chi connectivity index (χ0n) is 9.88. The molecule has 0 bridgehead atoms. The van der Waals surface area contributed by atoms with E-state index in [1.165, 1.54) is 26.1 Å². The van der Waals surface area contributed by atoms with E-state index in [-0.39, 0.29) is 0 Å². The standard InChI is InChI=1S/C12H12N4O2/c1-18-12(17)8-4-5-9(13-6-8)11-14-10(15-16-11)7-2-3-7/h4-7H,2-3H2,1H3,(H,14,15,16). The highest BCUT2D eigenvalue weighted by molar-refractivity contribution is 5.89. The molecule has 0 unspecified atom stereocenters. The minimum atomic E-state index is -0.400. The highest BCUT2D eigenvalue weighted by Crippen LogP contribution is 2.38. The molecule has 1 N–H and O–H groups in total. The van der Waals surface area contributed by atoms with E-state index in [4.69, 9.17) is 0 Å². The maximum absolute atomic E-state index is 11.3. The summed E-state index contributed by atoms with van der Waals surface area (Å²) in [5.41, 5.74) is 1.06. The van der Waals surface area contributed by atoms with Crippen molar-refractivity contribution in [1.29, 1.82) is 0 Å². The van der Waals surface area contributed by atoms with E-state index in [0.717, 1.165) is 5.82 Å². The van der Waals surface area contributed by atoms with Gasteiger partial charge < -0.3 is 4.74 Å². The number of carbonyl (C=O) groups excluding carboxylic acids is 1. The number of esters is 1. The first-order valence-corrected chi connectivity index (χ1v) is 5.75. The van der Waals surface area contributed by atoms with E-state index in [2.05, 4.69) is 24.9 Å². The minimum Gasteiger partial charge on any atom is -0.465 e. The van der Waals surface area contributed by atoms with Gasteiger partial charge in [-0.1, -0.05) is 0 Å².